The first-order chi connectivity index (χ1) is 14.1. The van der Waals surface area contributed by atoms with E-state index in [9.17, 15) is 4.79 Å². The maximum Gasteiger partial charge on any atom is 0.321 e. The molecule has 0 fully saturated rings. The predicted octanol–water partition coefficient (Wildman–Crippen LogP) is 6.33. The number of nitrogens with one attached hydrogen (secondary N) is 2. The molecule has 0 radical (unpaired) electrons. The summed E-state index contributed by atoms with van der Waals surface area (Å²) in [6.45, 7) is 4.30. The molecule has 0 aliphatic heterocycles. The molecule has 2 N–H and O–H groups in total. The van der Waals surface area contributed by atoms with Crippen molar-refractivity contribution >= 4 is 32.7 Å². The first-order valence-corrected chi connectivity index (χ1v) is 10.5. The van der Waals surface area contributed by atoms with E-state index in [2.05, 4.69) is 35.5 Å². The van der Waals surface area contributed by atoms with Crippen molar-refractivity contribution in [2.75, 3.05) is 5.32 Å². The number of urea groups is 1. The van der Waals surface area contributed by atoms with E-state index in [4.69, 9.17) is 0 Å². The third-order valence-corrected chi connectivity index (χ3v) is 5.77. The average Bonchev–Trinajstić information content (AvgIpc) is 3.15. The molecule has 3 aromatic carbocycles. The zero-order valence-corrected chi connectivity index (χ0v) is 17.2. The fraction of sp³-hybridized carbons (Fsp3) is 0.167. The van der Waals surface area contributed by atoms with Crippen LogP contribution in [0.5, 0.6) is 0 Å². The van der Waals surface area contributed by atoms with E-state index in [-0.39, 0.29) is 12.1 Å². The average molecular weight is 402 g/mol. The van der Waals surface area contributed by atoms with Gasteiger partial charge in [0.05, 0.1) is 16.3 Å². The molecular formula is C24H23N3OS. The summed E-state index contributed by atoms with van der Waals surface area (Å²) in [4.78, 5) is 17.5. The van der Waals surface area contributed by atoms with E-state index in [1.54, 1.807) is 0 Å². The van der Waals surface area contributed by atoms with Crippen LogP contribution in [0.1, 0.15) is 42.5 Å². The van der Waals surface area contributed by atoms with Crippen LogP contribution in [-0.4, -0.2) is 11.0 Å². The molecule has 0 unspecified atom stereocenters. The minimum Gasteiger partial charge on any atom is -0.327 e. The second kappa shape index (κ2) is 8.45. The Labute approximate surface area is 174 Å². The Kier molecular flexibility index (Phi) is 5.58. The summed E-state index contributed by atoms with van der Waals surface area (Å²) in [5.74, 6) is 0.378. The highest BCUT2D eigenvalue weighted by Gasteiger charge is 2.18. The SMILES string of the molecule is CC(C)c1cccc2sc(NC(=O)NC(c3ccccc3)c3ccccc3)nc12. The van der Waals surface area contributed by atoms with Crippen LogP contribution in [-0.2, 0) is 0 Å². The molecule has 0 aliphatic carbocycles. The summed E-state index contributed by atoms with van der Waals surface area (Å²) in [5, 5.41) is 6.62. The number of nitrogens with zero attached hydrogens (tertiary/aromatic N) is 1. The topological polar surface area (TPSA) is 54.0 Å². The molecule has 0 saturated carbocycles. The molecule has 2 amide bonds. The lowest BCUT2D eigenvalue weighted by Gasteiger charge is -2.19. The monoisotopic (exact) mass is 401 g/mol. The van der Waals surface area contributed by atoms with E-state index in [1.165, 1.54) is 16.9 Å². The number of rotatable bonds is 5. The minimum absolute atomic E-state index is 0.238. The van der Waals surface area contributed by atoms with Crippen molar-refractivity contribution in [2.24, 2.45) is 0 Å². The quantitative estimate of drug-likeness (QED) is 0.410. The summed E-state index contributed by atoms with van der Waals surface area (Å²) < 4.78 is 1.08. The van der Waals surface area contributed by atoms with Gasteiger partial charge in [0.15, 0.2) is 5.13 Å². The highest BCUT2D eigenvalue weighted by molar-refractivity contribution is 7.22. The molecule has 0 spiro atoms. The van der Waals surface area contributed by atoms with Gasteiger partial charge in [-0.25, -0.2) is 9.78 Å². The van der Waals surface area contributed by atoms with Gasteiger partial charge in [-0.3, -0.25) is 5.32 Å². The van der Waals surface area contributed by atoms with Gasteiger partial charge in [-0.15, -0.1) is 0 Å². The number of anilines is 1. The molecule has 0 aliphatic rings. The van der Waals surface area contributed by atoms with Gasteiger partial charge in [0.2, 0.25) is 0 Å². The number of carbonyl (C=O) groups is 1. The van der Waals surface area contributed by atoms with Gasteiger partial charge in [-0.2, -0.15) is 0 Å². The highest BCUT2D eigenvalue weighted by Crippen LogP contribution is 2.31. The Morgan fingerprint density at radius 2 is 1.48 bits per heavy atom. The summed E-state index contributed by atoms with van der Waals surface area (Å²) in [6.07, 6.45) is 0. The molecule has 29 heavy (non-hydrogen) atoms. The van der Waals surface area contributed by atoms with Crippen LogP contribution in [0.3, 0.4) is 0 Å². The first kappa shape index (κ1) is 19.2. The lowest BCUT2D eigenvalue weighted by Crippen LogP contribution is -2.33. The molecule has 1 aromatic heterocycles. The van der Waals surface area contributed by atoms with Crippen molar-refractivity contribution in [1.82, 2.24) is 10.3 Å². The van der Waals surface area contributed by atoms with Gasteiger partial charge in [-0.1, -0.05) is 98.0 Å². The fourth-order valence-electron chi connectivity index (χ4n) is 3.40. The van der Waals surface area contributed by atoms with Crippen molar-refractivity contribution < 1.29 is 4.79 Å². The first-order valence-electron chi connectivity index (χ1n) is 9.68. The van der Waals surface area contributed by atoms with Crippen LogP contribution in [0.25, 0.3) is 10.2 Å². The van der Waals surface area contributed by atoms with Crippen molar-refractivity contribution in [3.63, 3.8) is 0 Å². The number of aromatic nitrogens is 1. The van der Waals surface area contributed by atoms with Crippen molar-refractivity contribution in [3.8, 4) is 0 Å². The third kappa shape index (κ3) is 4.30. The van der Waals surface area contributed by atoms with Crippen LogP contribution < -0.4 is 10.6 Å². The lowest BCUT2D eigenvalue weighted by atomic mass is 9.99. The predicted molar refractivity (Wildman–Crippen MR) is 121 cm³/mol. The summed E-state index contributed by atoms with van der Waals surface area (Å²) in [7, 11) is 0. The second-order valence-electron chi connectivity index (χ2n) is 7.22. The maximum atomic E-state index is 12.8. The molecule has 4 nitrogen and oxygen atoms in total. The van der Waals surface area contributed by atoms with Crippen molar-refractivity contribution in [3.05, 3.63) is 95.6 Å². The molecule has 146 valence electrons. The molecule has 4 rings (SSSR count). The Morgan fingerprint density at radius 3 is 2.07 bits per heavy atom. The van der Waals surface area contributed by atoms with Crippen LogP contribution >= 0.6 is 11.3 Å². The number of para-hydroxylation sites is 1. The van der Waals surface area contributed by atoms with Crippen LogP contribution in [0.2, 0.25) is 0 Å². The molecule has 5 heteroatoms. The molecule has 4 aromatic rings. The zero-order valence-electron chi connectivity index (χ0n) is 16.4. The largest absolute Gasteiger partial charge is 0.327 e. The molecule has 1 heterocycles. The van der Waals surface area contributed by atoms with Crippen molar-refractivity contribution in [2.45, 2.75) is 25.8 Å². The van der Waals surface area contributed by atoms with Gasteiger partial charge >= 0.3 is 6.03 Å². The van der Waals surface area contributed by atoms with E-state index in [0.29, 0.717) is 11.0 Å². The number of benzene rings is 3. The van der Waals surface area contributed by atoms with Crippen LogP contribution in [0.4, 0.5) is 9.93 Å². The number of hydrogen-bond donors (Lipinski definition) is 2. The number of hydrogen-bond acceptors (Lipinski definition) is 3. The van der Waals surface area contributed by atoms with E-state index in [1.807, 2.05) is 72.8 Å². The van der Waals surface area contributed by atoms with E-state index in [0.717, 1.165) is 21.3 Å². The van der Waals surface area contributed by atoms with Gasteiger partial charge in [-0.05, 0) is 28.7 Å². The summed E-state index contributed by atoms with van der Waals surface area (Å²) >= 11 is 1.49. The summed E-state index contributed by atoms with van der Waals surface area (Å²) in [5.41, 5.74) is 4.21. The Morgan fingerprint density at radius 1 is 0.862 bits per heavy atom. The van der Waals surface area contributed by atoms with Crippen molar-refractivity contribution in [1.29, 1.82) is 0 Å². The minimum atomic E-state index is -0.271. The lowest BCUT2D eigenvalue weighted by molar-refractivity contribution is 0.250. The van der Waals surface area contributed by atoms with Gasteiger partial charge in [0.1, 0.15) is 0 Å². The summed E-state index contributed by atoms with van der Waals surface area (Å²) in [6, 6.07) is 25.6. The van der Waals surface area contributed by atoms with E-state index < -0.39 is 0 Å². The third-order valence-electron chi connectivity index (χ3n) is 4.83. The number of fused-ring (bicyclic) bond motifs is 1. The normalized spacial score (nSPS) is 11.2. The van der Waals surface area contributed by atoms with Crippen LogP contribution in [0.15, 0.2) is 78.9 Å². The smallest absolute Gasteiger partial charge is 0.321 e. The number of thiazole rings is 1. The van der Waals surface area contributed by atoms with Gasteiger partial charge < -0.3 is 5.32 Å². The Balaban J connectivity index is 1.57. The Hall–Kier alpha value is -3.18. The standard InChI is InChI=1S/C24H23N3OS/c1-16(2)19-14-9-15-20-22(19)26-24(29-20)27-23(28)25-21(17-10-5-3-6-11-17)18-12-7-4-8-13-18/h3-16,21H,1-2H3,(H2,25,26,27,28). The number of carbonyl (C=O) groups excluding carboxylic acids is 1. The Bertz CT molecular complexity index is 1070. The van der Waals surface area contributed by atoms with Gasteiger partial charge in [0.25, 0.3) is 0 Å². The second-order valence-corrected chi connectivity index (χ2v) is 8.25. The number of amides is 2. The molecule has 0 bridgehead atoms. The molecule has 0 saturated heterocycles. The molecule has 0 atom stereocenters. The van der Waals surface area contributed by atoms with Crippen LogP contribution in [0, 0.1) is 0 Å². The fourth-order valence-corrected chi connectivity index (χ4v) is 4.30. The van der Waals surface area contributed by atoms with E-state index >= 15 is 0 Å². The van der Waals surface area contributed by atoms with Gasteiger partial charge in [0, 0.05) is 0 Å². The highest BCUT2D eigenvalue weighted by atomic mass is 32.1. The zero-order chi connectivity index (χ0) is 20.2. The maximum absolute atomic E-state index is 12.8. The molecular weight excluding hydrogens is 378 g/mol.